The third kappa shape index (κ3) is 7.75. The molecule has 0 aliphatic heterocycles. The minimum atomic E-state index is -4.22. The summed E-state index contributed by atoms with van der Waals surface area (Å²) in [6.07, 6.45) is -4.22. The zero-order chi connectivity index (χ0) is 8.41. The van der Waals surface area contributed by atoms with E-state index in [9.17, 15) is 13.2 Å². The molecule has 0 heterocycles. The molecule has 0 aliphatic rings. The molecule has 4 heteroatoms. The fourth-order valence-electron chi connectivity index (χ4n) is 0.298. The topological polar surface area (TPSA) is 9.23 Å². The number of halogens is 3. The Labute approximate surface area is 58.2 Å². The van der Waals surface area contributed by atoms with Crippen LogP contribution in [0.15, 0.2) is 0 Å². The van der Waals surface area contributed by atoms with Gasteiger partial charge in [0.15, 0.2) is 0 Å². The molecule has 0 fully saturated rings. The van der Waals surface area contributed by atoms with E-state index in [1.54, 1.807) is 20.8 Å². The molecule has 0 unspecified atom stereocenters. The van der Waals surface area contributed by atoms with Gasteiger partial charge in [-0.25, -0.2) is 0 Å². The molecule has 0 spiro atoms. The van der Waals surface area contributed by atoms with Gasteiger partial charge in [-0.15, -0.1) is 0 Å². The Balaban J connectivity index is 3.56. The van der Waals surface area contributed by atoms with Crippen molar-refractivity contribution in [3.63, 3.8) is 0 Å². The highest BCUT2D eigenvalue weighted by atomic mass is 19.4. The Bertz CT molecular complexity index is 86.5. The monoisotopic (exact) mass is 156 g/mol. The Kier molecular flexibility index (Phi) is 2.71. The van der Waals surface area contributed by atoms with Crippen molar-refractivity contribution in [1.29, 1.82) is 0 Å². The van der Waals surface area contributed by atoms with Crippen molar-refractivity contribution in [2.24, 2.45) is 0 Å². The summed E-state index contributed by atoms with van der Waals surface area (Å²) in [5.41, 5.74) is -0.713. The fourth-order valence-corrected chi connectivity index (χ4v) is 0.298. The first kappa shape index (κ1) is 9.75. The lowest BCUT2D eigenvalue weighted by atomic mass is 10.2. The van der Waals surface area contributed by atoms with Gasteiger partial charge in [-0.3, -0.25) is 0 Å². The lowest BCUT2D eigenvalue weighted by Crippen LogP contribution is -2.27. The van der Waals surface area contributed by atoms with E-state index in [4.69, 9.17) is 0 Å². The van der Waals surface area contributed by atoms with Crippen LogP contribution in [0.5, 0.6) is 0 Å². The van der Waals surface area contributed by atoms with Crippen LogP contribution in [-0.4, -0.2) is 18.4 Å². The van der Waals surface area contributed by atoms with Gasteiger partial charge in [0.2, 0.25) is 0 Å². The second kappa shape index (κ2) is 2.78. The second-order valence-corrected chi connectivity index (χ2v) is 3.02. The number of ether oxygens (including phenoxy) is 1. The third-order valence-corrected chi connectivity index (χ3v) is 0.669. The van der Waals surface area contributed by atoms with Crippen LogP contribution < -0.4 is 0 Å². The number of rotatable bonds is 1. The molecule has 0 N–H and O–H groups in total. The standard InChI is InChI=1S/C6H11F3O/c1-5(2,3)10-4-6(7,8)9/h4H2,1-3H3. The van der Waals surface area contributed by atoms with Gasteiger partial charge in [-0.2, -0.15) is 13.2 Å². The summed E-state index contributed by atoms with van der Waals surface area (Å²) in [6.45, 7) is 3.58. The van der Waals surface area contributed by atoms with Gasteiger partial charge in [0, 0.05) is 0 Å². The summed E-state index contributed by atoms with van der Waals surface area (Å²) >= 11 is 0. The van der Waals surface area contributed by atoms with Crippen LogP contribution >= 0.6 is 0 Å². The van der Waals surface area contributed by atoms with Gasteiger partial charge >= 0.3 is 6.18 Å². The lowest BCUT2D eigenvalue weighted by molar-refractivity contribution is -0.196. The van der Waals surface area contributed by atoms with Crippen molar-refractivity contribution in [2.45, 2.75) is 32.5 Å². The van der Waals surface area contributed by atoms with Gasteiger partial charge in [0.05, 0.1) is 5.60 Å². The van der Waals surface area contributed by atoms with Crippen LogP contribution in [0.2, 0.25) is 0 Å². The van der Waals surface area contributed by atoms with E-state index < -0.39 is 18.4 Å². The molecule has 0 bridgehead atoms. The van der Waals surface area contributed by atoms with E-state index in [1.165, 1.54) is 0 Å². The van der Waals surface area contributed by atoms with E-state index in [0.29, 0.717) is 0 Å². The summed E-state index contributed by atoms with van der Waals surface area (Å²) in [5.74, 6) is 0. The molecular weight excluding hydrogens is 145 g/mol. The first-order valence-electron chi connectivity index (χ1n) is 2.91. The third-order valence-electron chi connectivity index (χ3n) is 0.669. The average Bonchev–Trinajstić information content (AvgIpc) is 1.57. The molecule has 1 nitrogen and oxygen atoms in total. The lowest BCUT2D eigenvalue weighted by Gasteiger charge is -2.20. The molecule has 0 radical (unpaired) electrons. The number of alkyl halides is 3. The van der Waals surface area contributed by atoms with Crippen molar-refractivity contribution in [2.75, 3.05) is 6.61 Å². The van der Waals surface area contributed by atoms with Crippen molar-refractivity contribution in [3.8, 4) is 0 Å². The summed E-state index contributed by atoms with van der Waals surface area (Å²) in [4.78, 5) is 0. The van der Waals surface area contributed by atoms with Gasteiger partial charge in [0.1, 0.15) is 6.61 Å². The summed E-state index contributed by atoms with van der Waals surface area (Å²) in [7, 11) is 0. The first-order chi connectivity index (χ1) is 4.21. The first-order valence-corrected chi connectivity index (χ1v) is 2.91. The smallest absolute Gasteiger partial charge is 0.366 e. The van der Waals surface area contributed by atoms with Crippen molar-refractivity contribution in [3.05, 3.63) is 0 Å². The predicted octanol–water partition coefficient (Wildman–Crippen LogP) is 2.36. The minimum absolute atomic E-state index is 0.713. The maximum Gasteiger partial charge on any atom is 0.411 e. The molecule has 0 saturated heterocycles. The molecular formula is C6H11F3O. The van der Waals surface area contributed by atoms with Crippen LogP contribution in [0.25, 0.3) is 0 Å². The maximum atomic E-state index is 11.5. The highest BCUT2D eigenvalue weighted by molar-refractivity contribution is 4.60. The van der Waals surface area contributed by atoms with Crippen molar-refractivity contribution in [1.82, 2.24) is 0 Å². The molecule has 62 valence electrons. The Hall–Kier alpha value is -0.250. The van der Waals surface area contributed by atoms with E-state index >= 15 is 0 Å². The Morgan fingerprint density at radius 3 is 1.60 bits per heavy atom. The van der Waals surface area contributed by atoms with E-state index in [-0.39, 0.29) is 0 Å². The van der Waals surface area contributed by atoms with Crippen molar-refractivity contribution < 1.29 is 17.9 Å². The van der Waals surface area contributed by atoms with Crippen LogP contribution in [0.3, 0.4) is 0 Å². The SMILES string of the molecule is CC(C)(C)OCC(F)(F)F. The summed E-state index contributed by atoms with van der Waals surface area (Å²) in [6, 6.07) is 0. The van der Waals surface area contributed by atoms with Gasteiger partial charge in [0.25, 0.3) is 0 Å². The zero-order valence-corrected chi connectivity index (χ0v) is 6.25. The molecule has 0 aromatic carbocycles. The highest BCUT2D eigenvalue weighted by Crippen LogP contribution is 2.18. The molecule has 0 rings (SSSR count). The van der Waals surface area contributed by atoms with E-state index in [2.05, 4.69) is 4.74 Å². The Morgan fingerprint density at radius 2 is 1.50 bits per heavy atom. The van der Waals surface area contributed by atoms with Gasteiger partial charge < -0.3 is 4.74 Å². The Morgan fingerprint density at radius 1 is 1.10 bits per heavy atom. The second-order valence-electron chi connectivity index (χ2n) is 3.02. The van der Waals surface area contributed by atoms with Crippen LogP contribution in [-0.2, 0) is 4.74 Å². The fraction of sp³-hybridized carbons (Fsp3) is 1.00. The van der Waals surface area contributed by atoms with Gasteiger partial charge in [-0.1, -0.05) is 0 Å². The van der Waals surface area contributed by atoms with E-state index in [0.717, 1.165) is 0 Å². The molecule has 0 atom stereocenters. The molecule has 0 amide bonds. The maximum absolute atomic E-state index is 11.5. The molecule has 0 aromatic rings. The summed E-state index contributed by atoms with van der Waals surface area (Å²) < 4.78 is 38.9. The highest BCUT2D eigenvalue weighted by Gasteiger charge is 2.29. The molecule has 0 saturated carbocycles. The number of hydrogen-bond donors (Lipinski definition) is 0. The zero-order valence-electron chi connectivity index (χ0n) is 6.25. The van der Waals surface area contributed by atoms with Crippen LogP contribution in [0.4, 0.5) is 13.2 Å². The largest absolute Gasteiger partial charge is 0.411 e. The van der Waals surface area contributed by atoms with E-state index in [1.807, 2.05) is 0 Å². The number of hydrogen-bond acceptors (Lipinski definition) is 1. The van der Waals surface area contributed by atoms with Gasteiger partial charge in [-0.05, 0) is 20.8 Å². The molecule has 0 aliphatic carbocycles. The van der Waals surface area contributed by atoms with Crippen molar-refractivity contribution >= 4 is 0 Å². The molecule has 0 aromatic heterocycles. The summed E-state index contributed by atoms with van der Waals surface area (Å²) in [5, 5.41) is 0. The quantitative estimate of drug-likeness (QED) is 0.566. The molecule has 10 heavy (non-hydrogen) atoms. The predicted molar refractivity (Wildman–Crippen MR) is 31.8 cm³/mol. The van der Waals surface area contributed by atoms with Crippen LogP contribution in [0.1, 0.15) is 20.8 Å². The average molecular weight is 156 g/mol. The van der Waals surface area contributed by atoms with Crippen LogP contribution in [0, 0.1) is 0 Å². The normalized spacial score (nSPS) is 13.8. The minimum Gasteiger partial charge on any atom is -0.366 e.